The van der Waals surface area contributed by atoms with Crippen LogP contribution in [0.15, 0.2) is 18.2 Å². The number of carbonyl (C=O) groups excluding carboxylic acids is 1. The Hall–Kier alpha value is -1.75. The van der Waals surface area contributed by atoms with Crippen LogP contribution in [-0.4, -0.2) is 42.2 Å². The first kappa shape index (κ1) is 12.7. The Labute approximate surface area is 106 Å². The third kappa shape index (κ3) is 2.13. The van der Waals surface area contributed by atoms with Gasteiger partial charge in [0.1, 0.15) is 0 Å². The molecule has 18 heavy (non-hydrogen) atoms. The van der Waals surface area contributed by atoms with Crippen molar-refractivity contribution in [3.63, 3.8) is 0 Å². The molecule has 98 valence electrons. The molecule has 0 aliphatic carbocycles. The maximum absolute atomic E-state index is 12.4. The Kier molecular flexibility index (Phi) is 3.72. The molecule has 1 atom stereocenters. The molecule has 1 amide bonds. The number of hydrogen-bond acceptors (Lipinski definition) is 4. The van der Waals surface area contributed by atoms with Gasteiger partial charge in [-0.1, -0.05) is 6.07 Å². The third-order valence-corrected chi connectivity index (χ3v) is 3.33. The monoisotopic (exact) mass is 250 g/mol. The summed E-state index contributed by atoms with van der Waals surface area (Å²) in [5.41, 5.74) is 6.69. The molecule has 0 radical (unpaired) electrons. The fraction of sp³-hybridized carbons (Fsp3) is 0.462. The largest absolute Gasteiger partial charge is 0.494 e. The minimum Gasteiger partial charge on any atom is -0.494 e. The number of para-hydroxylation sites is 1. The molecule has 1 aromatic rings. The molecule has 1 aliphatic heterocycles. The van der Waals surface area contributed by atoms with Crippen LogP contribution in [-0.2, 0) is 0 Å². The van der Waals surface area contributed by atoms with Gasteiger partial charge in [-0.05, 0) is 25.0 Å². The van der Waals surface area contributed by atoms with Gasteiger partial charge in [0.25, 0.3) is 5.91 Å². The highest BCUT2D eigenvalue weighted by atomic mass is 16.5. The summed E-state index contributed by atoms with van der Waals surface area (Å²) in [5, 5.41) is 9.26. The van der Waals surface area contributed by atoms with Crippen molar-refractivity contribution < 1.29 is 14.6 Å². The molecule has 0 bridgehead atoms. The summed E-state index contributed by atoms with van der Waals surface area (Å²) in [4.78, 5) is 14.1. The minimum atomic E-state index is -0.129. The van der Waals surface area contributed by atoms with E-state index in [2.05, 4.69) is 0 Å². The van der Waals surface area contributed by atoms with Crippen molar-refractivity contribution in [2.45, 2.75) is 18.9 Å². The number of anilines is 1. The lowest BCUT2D eigenvalue weighted by Gasteiger charge is -2.24. The maximum Gasteiger partial charge on any atom is 0.258 e. The van der Waals surface area contributed by atoms with Crippen molar-refractivity contribution >= 4 is 11.6 Å². The van der Waals surface area contributed by atoms with E-state index in [1.165, 1.54) is 7.11 Å². The highest BCUT2D eigenvalue weighted by Crippen LogP contribution is 2.29. The zero-order valence-electron chi connectivity index (χ0n) is 10.4. The molecule has 0 aromatic heterocycles. The minimum absolute atomic E-state index is 0.00360. The zero-order chi connectivity index (χ0) is 13.1. The van der Waals surface area contributed by atoms with E-state index in [0.29, 0.717) is 23.5 Å². The van der Waals surface area contributed by atoms with Crippen molar-refractivity contribution in [1.82, 2.24) is 4.90 Å². The number of likely N-dealkylation sites (tertiary alicyclic amines) is 1. The SMILES string of the molecule is COc1c(N)cccc1C(=O)N1CCCC1CO. The molecule has 1 aromatic carbocycles. The predicted octanol–water partition coefficient (Wildman–Crippen LogP) is 0.874. The van der Waals surface area contributed by atoms with E-state index in [4.69, 9.17) is 10.5 Å². The molecule has 0 saturated carbocycles. The van der Waals surface area contributed by atoms with E-state index in [9.17, 15) is 9.90 Å². The van der Waals surface area contributed by atoms with E-state index >= 15 is 0 Å². The summed E-state index contributed by atoms with van der Waals surface area (Å²) in [5.74, 6) is 0.279. The van der Waals surface area contributed by atoms with Crippen molar-refractivity contribution in [1.29, 1.82) is 0 Å². The fourth-order valence-electron chi connectivity index (χ4n) is 2.40. The van der Waals surface area contributed by atoms with Crippen molar-refractivity contribution in [3.05, 3.63) is 23.8 Å². The summed E-state index contributed by atoms with van der Waals surface area (Å²) in [6.45, 7) is 0.665. The number of methoxy groups -OCH3 is 1. The summed E-state index contributed by atoms with van der Waals surface area (Å²) >= 11 is 0. The smallest absolute Gasteiger partial charge is 0.258 e. The molecule has 5 heteroatoms. The van der Waals surface area contributed by atoms with Crippen LogP contribution in [0.4, 0.5) is 5.69 Å². The first-order valence-electron chi connectivity index (χ1n) is 6.03. The summed E-state index contributed by atoms with van der Waals surface area (Å²) in [6, 6.07) is 5.03. The van der Waals surface area contributed by atoms with Crippen molar-refractivity contribution in [2.75, 3.05) is 26.0 Å². The van der Waals surface area contributed by atoms with E-state index in [1.807, 2.05) is 0 Å². The normalized spacial score (nSPS) is 19.0. The summed E-state index contributed by atoms with van der Waals surface area (Å²) < 4.78 is 5.19. The van der Waals surface area contributed by atoms with Crippen molar-refractivity contribution in [3.8, 4) is 5.75 Å². The first-order valence-corrected chi connectivity index (χ1v) is 6.03. The van der Waals surface area contributed by atoms with Gasteiger partial charge in [0.2, 0.25) is 0 Å². The summed E-state index contributed by atoms with van der Waals surface area (Å²) in [7, 11) is 1.50. The number of carbonyl (C=O) groups is 1. The van der Waals surface area contributed by atoms with Crippen LogP contribution in [0.5, 0.6) is 5.75 Å². The lowest BCUT2D eigenvalue weighted by atomic mass is 10.1. The highest BCUT2D eigenvalue weighted by molar-refractivity contribution is 5.99. The number of nitrogen functional groups attached to an aromatic ring is 1. The lowest BCUT2D eigenvalue weighted by molar-refractivity contribution is 0.0674. The second-order valence-electron chi connectivity index (χ2n) is 4.41. The quantitative estimate of drug-likeness (QED) is 0.781. The van der Waals surface area contributed by atoms with Crippen LogP contribution in [0, 0.1) is 0 Å². The number of ether oxygens (including phenoxy) is 1. The lowest BCUT2D eigenvalue weighted by Crippen LogP contribution is -2.37. The standard InChI is InChI=1S/C13H18N2O3/c1-18-12-10(5-2-6-11(12)14)13(17)15-7-3-4-9(15)8-16/h2,5-6,9,16H,3-4,7-8,14H2,1H3. The third-order valence-electron chi connectivity index (χ3n) is 3.33. The molecule has 1 heterocycles. The Morgan fingerprint density at radius 1 is 1.61 bits per heavy atom. The molecule has 0 spiro atoms. The van der Waals surface area contributed by atoms with Crippen LogP contribution in [0.3, 0.4) is 0 Å². The van der Waals surface area contributed by atoms with Gasteiger partial charge in [-0.2, -0.15) is 0 Å². The van der Waals surface area contributed by atoms with Crippen LogP contribution in [0.25, 0.3) is 0 Å². The fourth-order valence-corrected chi connectivity index (χ4v) is 2.40. The molecule has 1 aliphatic rings. The molecule has 5 nitrogen and oxygen atoms in total. The van der Waals surface area contributed by atoms with Gasteiger partial charge in [0.05, 0.1) is 31.0 Å². The summed E-state index contributed by atoms with van der Waals surface area (Å²) in [6.07, 6.45) is 1.76. The number of amides is 1. The van der Waals surface area contributed by atoms with Crippen LogP contribution in [0.1, 0.15) is 23.2 Å². The Morgan fingerprint density at radius 3 is 3.06 bits per heavy atom. The van der Waals surface area contributed by atoms with Gasteiger partial charge >= 0.3 is 0 Å². The van der Waals surface area contributed by atoms with Crippen LogP contribution >= 0.6 is 0 Å². The number of hydrogen-bond donors (Lipinski definition) is 2. The zero-order valence-corrected chi connectivity index (χ0v) is 10.4. The molecule has 1 unspecified atom stereocenters. The average Bonchev–Trinajstić information content (AvgIpc) is 2.85. The highest BCUT2D eigenvalue weighted by Gasteiger charge is 2.30. The topological polar surface area (TPSA) is 75.8 Å². The molecular weight excluding hydrogens is 232 g/mol. The first-order chi connectivity index (χ1) is 8.69. The van der Waals surface area contributed by atoms with E-state index in [-0.39, 0.29) is 18.6 Å². The van der Waals surface area contributed by atoms with E-state index in [1.54, 1.807) is 23.1 Å². The van der Waals surface area contributed by atoms with E-state index < -0.39 is 0 Å². The van der Waals surface area contributed by atoms with Gasteiger partial charge < -0.3 is 20.5 Å². The molecule has 1 fully saturated rings. The number of aliphatic hydroxyl groups excluding tert-OH is 1. The van der Waals surface area contributed by atoms with Crippen molar-refractivity contribution in [2.24, 2.45) is 0 Å². The average molecular weight is 250 g/mol. The number of nitrogens with zero attached hydrogens (tertiary/aromatic N) is 1. The Balaban J connectivity index is 2.31. The van der Waals surface area contributed by atoms with Gasteiger partial charge in [-0.3, -0.25) is 4.79 Å². The maximum atomic E-state index is 12.4. The second-order valence-corrected chi connectivity index (χ2v) is 4.41. The molecule has 3 N–H and O–H groups in total. The number of benzene rings is 1. The van der Waals surface area contributed by atoms with Gasteiger partial charge in [-0.25, -0.2) is 0 Å². The molecule has 2 rings (SSSR count). The number of rotatable bonds is 3. The van der Waals surface area contributed by atoms with Gasteiger partial charge in [0.15, 0.2) is 5.75 Å². The molecular formula is C13H18N2O3. The van der Waals surface area contributed by atoms with Crippen LogP contribution < -0.4 is 10.5 Å². The van der Waals surface area contributed by atoms with Gasteiger partial charge in [0, 0.05) is 6.54 Å². The Morgan fingerprint density at radius 2 is 2.39 bits per heavy atom. The second kappa shape index (κ2) is 5.27. The van der Waals surface area contributed by atoms with Crippen LogP contribution in [0.2, 0.25) is 0 Å². The predicted molar refractivity (Wildman–Crippen MR) is 68.6 cm³/mol. The van der Waals surface area contributed by atoms with E-state index in [0.717, 1.165) is 12.8 Å². The molecule has 1 saturated heterocycles. The Bertz CT molecular complexity index is 448. The number of nitrogens with two attached hydrogens (primary N) is 1. The number of aliphatic hydroxyl groups is 1. The van der Waals surface area contributed by atoms with Gasteiger partial charge in [-0.15, -0.1) is 0 Å².